The van der Waals surface area contributed by atoms with Gasteiger partial charge in [-0.3, -0.25) is 4.79 Å². The SMILES string of the molecule is CC(C)(C)N=NC(C)(CCC(=O)Cl)Sc1ccc(C(C)(C)C)cc1. The van der Waals surface area contributed by atoms with Crippen LogP contribution in [-0.4, -0.2) is 15.7 Å². The van der Waals surface area contributed by atoms with Crippen molar-refractivity contribution in [3.8, 4) is 0 Å². The molecule has 1 atom stereocenters. The summed E-state index contributed by atoms with van der Waals surface area (Å²) < 4.78 is 0. The quantitative estimate of drug-likeness (QED) is 0.323. The third-order valence-corrected chi connectivity index (χ3v) is 4.83. The number of hydrogen-bond acceptors (Lipinski definition) is 4. The fraction of sp³-hybridized carbons (Fsp3) is 0.632. The number of benzene rings is 1. The Kier molecular flexibility index (Phi) is 7.06. The molecule has 0 N–H and O–H groups in total. The van der Waals surface area contributed by atoms with Crippen LogP contribution in [0.15, 0.2) is 39.4 Å². The Morgan fingerprint density at radius 2 is 1.54 bits per heavy atom. The maximum absolute atomic E-state index is 11.2. The van der Waals surface area contributed by atoms with E-state index in [1.54, 1.807) is 11.8 Å². The molecule has 0 fully saturated rings. The second kappa shape index (κ2) is 8.01. The minimum absolute atomic E-state index is 0.128. The molecular formula is C19H29ClN2OS. The summed E-state index contributed by atoms with van der Waals surface area (Å²) in [6.45, 7) is 14.6. The second-order valence-electron chi connectivity index (χ2n) is 8.28. The van der Waals surface area contributed by atoms with Crippen LogP contribution in [0.4, 0.5) is 0 Å². The summed E-state index contributed by atoms with van der Waals surface area (Å²) in [6, 6.07) is 8.52. The molecule has 0 amide bonds. The van der Waals surface area contributed by atoms with Gasteiger partial charge < -0.3 is 0 Å². The second-order valence-corrected chi connectivity index (χ2v) is 10.3. The first-order chi connectivity index (χ1) is 10.8. The van der Waals surface area contributed by atoms with Gasteiger partial charge in [0.2, 0.25) is 5.24 Å². The molecule has 24 heavy (non-hydrogen) atoms. The van der Waals surface area contributed by atoms with Crippen molar-refractivity contribution in [3.05, 3.63) is 29.8 Å². The monoisotopic (exact) mass is 368 g/mol. The summed E-state index contributed by atoms with van der Waals surface area (Å²) in [5.41, 5.74) is 1.17. The van der Waals surface area contributed by atoms with Crippen LogP contribution in [0, 0.1) is 0 Å². The molecule has 0 saturated heterocycles. The van der Waals surface area contributed by atoms with Gasteiger partial charge in [-0.25, -0.2) is 0 Å². The van der Waals surface area contributed by atoms with E-state index < -0.39 is 4.87 Å². The maximum Gasteiger partial charge on any atom is 0.221 e. The molecule has 1 aromatic carbocycles. The number of rotatable bonds is 6. The van der Waals surface area contributed by atoms with E-state index in [1.165, 1.54) is 5.56 Å². The summed E-state index contributed by atoms with van der Waals surface area (Å²) in [4.78, 5) is 11.8. The molecule has 0 aliphatic heterocycles. The topological polar surface area (TPSA) is 41.8 Å². The van der Waals surface area contributed by atoms with Crippen LogP contribution in [-0.2, 0) is 10.2 Å². The van der Waals surface area contributed by atoms with Gasteiger partial charge in [0.25, 0.3) is 0 Å². The number of halogens is 1. The molecule has 3 nitrogen and oxygen atoms in total. The van der Waals surface area contributed by atoms with E-state index in [0.29, 0.717) is 6.42 Å². The van der Waals surface area contributed by atoms with Crippen LogP contribution < -0.4 is 0 Å². The van der Waals surface area contributed by atoms with E-state index in [0.717, 1.165) is 4.90 Å². The van der Waals surface area contributed by atoms with Crippen molar-refractivity contribution < 1.29 is 4.79 Å². The first-order valence-corrected chi connectivity index (χ1v) is 9.42. The molecule has 134 valence electrons. The highest BCUT2D eigenvalue weighted by Gasteiger charge is 2.27. The highest BCUT2D eigenvalue weighted by Crippen LogP contribution is 2.39. The first-order valence-electron chi connectivity index (χ1n) is 8.23. The number of thioether (sulfide) groups is 1. The van der Waals surface area contributed by atoms with Gasteiger partial charge >= 0.3 is 0 Å². The van der Waals surface area contributed by atoms with Gasteiger partial charge in [0.15, 0.2) is 0 Å². The molecule has 1 rings (SSSR count). The van der Waals surface area contributed by atoms with Gasteiger partial charge in [0, 0.05) is 11.3 Å². The van der Waals surface area contributed by atoms with E-state index in [9.17, 15) is 4.79 Å². The third kappa shape index (κ3) is 7.80. The molecular weight excluding hydrogens is 340 g/mol. The fourth-order valence-electron chi connectivity index (χ4n) is 1.98. The third-order valence-electron chi connectivity index (χ3n) is 3.41. The molecule has 0 bridgehead atoms. The zero-order valence-electron chi connectivity index (χ0n) is 15.8. The molecule has 0 saturated carbocycles. The smallest absolute Gasteiger partial charge is 0.221 e. The summed E-state index contributed by atoms with van der Waals surface area (Å²) in [7, 11) is 0. The van der Waals surface area contributed by atoms with E-state index in [4.69, 9.17) is 11.6 Å². The number of azo groups is 1. The molecule has 0 aromatic heterocycles. The molecule has 0 heterocycles. The normalized spacial score (nSPS) is 15.5. The van der Waals surface area contributed by atoms with Crippen LogP contribution >= 0.6 is 23.4 Å². The predicted molar refractivity (Wildman–Crippen MR) is 104 cm³/mol. The van der Waals surface area contributed by atoms with Crippen molar-refractivity contribution in [1.29, 1.82) is 0 Å². The van der Waals surface area contributed by atoms with Gasteiger partial charge in [-0.2, -0.15) is 10.2 Å². The largest absolute Gasteiger partial charge is 0.281 e. The molecule has 0 aliphatic carbocycles. The lowest BCUT2D eigenvalue weighted by Gasteiger charge is -2.25. The Bertz CT molecular complexity index is 585. The Balaban J connectivity index is 2.99. The zero-order chi connectivity index (χ0) is 18.6. The number of hydrogen-bond donors (Lipinski definition) is 0. The highest BCUT2D eigenvalue weighted by molar-refractivity contribution is 8.00. The Labute approximate surface area is 155 Å². The molecule has 5 heteroatoms. The van der Waals surface area contributed by atoms with Crippen LogP contribution in [0.2, 0.25) is 0 Å². The molecule has 0 radical (unpaired) electrons. The average molecular weight is 369 g/mol. The van der Waals surface area contributed by atoms with E-state index in [1.807, 2.05) is 27.7 Å². The van der Waals surface area contributed by atoms with Crippen LogP contribution in [0.3, 0.4) is 0 Å². The van der Waals surface area contributed by atoms with Gasteiger partial charge in [0.1, 0.15) is 4.87 Å². The standard InChI is InChI=1S/C19H29ClN2OS/c1-17(2,3)14-8-10-15(11-9-14)24-19(7,13-12-16(20)23)22-21-18(4,5)6/h8-11H,12-13H2,1-7H3. The van der Waals surface area contributed by atoms with Gasteiger partial charge in [-0.15, -0.1) is 0 Å². The average Bonchev–Trinajstić information content (AvgIpc) is 2.42. The molecule has 1 unspecified atom stereocenters. The van der Waals surface area contributed by atoms with Gasteiger partial charge in [-0.1, -0.05) is 44.7 Å². The van der Waals surface area contributed by atoms with Crippen LogP contribution in [0.1, 0.15) is 66.9 Å². The predicted octanol–water partition coefficient (Wildman–Crippen LogP) is 6.59. The van der Waals surface area contributed by atoms with Crippen molar-refractivity contribution in [2.75, 3.05) is 0 Å². The van der Waals surface area contributed by atoms with E-state index in [-0.39, 0.29) is 22.6 Å². The number of carbonyl (C=O) groups is 1. The molecule has 1 aromatic rings. The fourth-order valence-corrected chi connectivity index (χ4v) is 3.14. The minimum atomic E-state index is -0.513. The summed E-state index contributed by atoms with van der Waals surface area (Å²) >= 11 is 7.15. The Morgan fingerprint density at radius 1 is 1.00 bits per heavy atom. The zero-order valence-corrected chi connectivity index (χ0v) is 17.4. The summed E-state index contributed by atoms with van der Waals surface area (Å²) in [5, 5.41) is 8.61. The maximum atomic E-state index is 11.2. The first kappa shape index (κ1) is 21.2. The summed E-state index contributed by atoms with van der Waals surface area (Å²) in [5.74, 6) is 0. The highest BCUT2D eigenvalue weighted by atomic mass is 35.5. The molecule has 0 spiro atoms. The van der Waals surface area contributed by atoms with Crippen LogP contribution in [0.5, 0.6) is 0 Å². The van der Waals surface area contributed by atoms with Crippen molar-refractivity contribution in [2.45, 2.75) is 82.0 Å². The number of carbonyl (C=O) groups excluding carboxylic acids is 1. The summed E-state index contributed by atoms with van der Waals surface area (Å²) in [6.07, 6.45) is 0.842. The molecule has 0 aliphatic rings. The lowest BCUT2D eigenvalue weighted by atomic mass is 9.87. The van der Waals surface area contributed by atoms with E-state index >= 15 is 0 Å². The van der Waals surface area contributed by atoms with Crippen molar-refractivity contribution >= 4 is 28.6 Å². The Morgan fingerprint density at radius 3 is 1.96 bits per heavy atom. The van der Waals surface area contributed by atoms with E-state index in [2.05, 4.69) is 55.3 Å². The van der Waals surface area contributed by atoms with Crippen molar-refractivity contribution in [1.82, 2.24) is 0 Å². The number of nitrogens with zero attached hydrogens (tertiary/aromatic N) is 2. The lowest BCUT2D eigenvalue weighted by Crippen LogP contribution is -2.20. The van der Waals surface area contributed by atoms with Crippen molar-refractivity contribution in [2.24, 2.45) is 10.2 Å². The van der Waals surface area contributed by atoms with Crippen molar-refractivity contribution in [3.63, 3.8) is 0 Å². The van der Waals surface area contributed by atoms with Gasteiger partial charge in [-0.05, 0) is 68.8 Å². The lowest BCUT2D eigenvalue weighted by molar-refractivity contribution is -0.111. The van der Waals surface area contributed by atoms with Gasteiger partial charge in [0.05, 0.1) is 5.54 Å². The minimum Gasteiger partial charge on any atom is -0.281 e. The Hall–Kier alpha value is -0.870. The van der Waals surface area contributed by atoms with Crippen LogP contribution in [0.25, 0.3) is 0 Å².